The zero-order valence-electron chi connectivity index (χ0n) is 9.61. The SMILES string of the molecule is Cn1ccsc1=NC(=O)Cc1cn2ccsc2n1. The molecule has 0 aliphatic rings. The number of nitrogens with zero attached hydrogens (tertiary/aromatic N) is 4. The van der Waals surface area contributed by atoms with Crippen LogP contribution < -0.4 is 4.80 Å². The molecule has 7 heteroatoms. The number of fused-ring (bicyclic) bond motifs is 1. The summed E-state index contributed by atoms with van der Waals surface area (Å²) in [5.74, 6) is -0.168. The lowest BCUT2D eigenvalue weighted by Crippen LogP contribution is -2.13. The van der Waals surface area contributed by atoms with Gasteiger partial charge < -0.3 is 4.57 Å². The highest BCUT2D eigenvalue weighted by Crippen LogP contribution is 2.11. The number of imidazole rings is 1. The largest absolute Gasteiger partial charge is 0.327 e. The number of aromatic nitrogens is 3. The maximum Gasteiger partial charge on any atom is 0.254 e. The van der Waals surface area contributed by atoms with Gasteiger partial charge in [-0.1, -0.05) is 0 Å². The molecule has 92 valence electrons. The van der Waals surface area contributed by atoms with E-state index in [-0.39, 0.29) is 12.3 Å². The molecule has 0 radical (unpaired) electrons. The predicted octanol–water partition coefficient (Wildman–Crippen LogP) is 1.47. The van der Waals surface area contributed by atoms with Gasteiger partial charge in [-0.05, 0) is 0 Å². The fraction of sp³-hybridized carbons (Fsp3) is 0.182. The van der Waals surface area contributed by atoms with E-state index in [9.17, 15) is 4.79 Å². The minimum Gasteiger partial charge on any atom is -0.327 e. The Morgan fingerprint density at radius 3 is 2.94 bits per heavy atom. The van der Waals surface area contributed by atoms with E-state index in [4.69, 9.17) is 0 Å². The third kappa shape index (κ3) is 2.14. The molecule has 0 fully saturated rings. The van der Waals surface area contributed by atoms with Crippen LogP contribution in [0.4, 0.5) is 0 Å². The summed E-state index contributed by atoms with van der Waals surface area (Å²) < 4.78 is 3.74. The van der Waals surface area contributed by atoms with Crippen molar-refractivity contribution in [3.05, 3.63) is 39.8 Å². The maximum absolute atomic E-state index is 11.8. The summed E-state index contributed by atoms with van der Waals surface area (Å²) >= 11 is 3.00. The number of thiazole rings is 2. The number of hydrogen-bond donors (Lipinski definition) is 0. The second-order valence-corrected chi connectivity index (χ2v) is 5.55. The minimum absolute atomic E-state index is 0.168. The van der Waals surface area contributed by atoms with Gasteiger partial charge in [0.1, 0.15) is 0 Å². The summed E-state index contributed by atoms with van der Waals surface area (Å²) in [4.78, 5) is 21.8. The molecule has 0 saturated carbocycles. The molecular formula is C11H10N4OS2. The van der Waals surface area contributed by atoms with Crippen LogP contribution in [0.2, 0.25) is 0 Å². The Bertz CT molecular complexity index is 733. The van der Waals surface area contributed by atoms with Gasteiger partial charge in [-0.25, -0.2) is 4.98 Å². The van der Waals surface area contributed by atoms with Crippen LogP contribution in [0.15, 0.2) is 34.3 Å². The third-order valence-corrected chi connectivity index (χ3v) is 4.07. The van der Waals surface area contributed by atoms with E-state index in [1.54, 1.807) is 11.3 Å². The molecule has 18 heavy (non-hydrogen) atoms. The molecule has 0 N–H and O–H groups in total. The van der Waals surface area contributed by atoms with Gasteiger partial charge in [-0.15, -0.1) is 22.7 Å². The van der Waals surface area contributed by atoms with Crippen molar-refractivity contribution in [2.45, 2.75) is 6.42 Å². The Morgan fingerprint density at radius 2 is 2.22 bits per heavy atom. The van der Waals surface area contributed by atoms with Crippen molar-refractivity contribution < 1.29 is 4.79 Å². The van der Waals surface area contributed by atoms with Gasteiger partial charge in [-0.3, -0.25) is 9.20 Å². The number of hydrogen-bond acceptors (Lipinski definition) is 4. The monoisotopic (exact) mass is 278 g/mol. The van der Waals surface area contributed by atoms with Crippen molar-refractivity contribution in [1.82, 2.24) is 14.0 Å². The van der Waals surface area contributed by atoms with E-state index < -0.39 is 0 Å². The molecule has 3 aromatic rings. The zero-order valence-corrected chi connectivity index (χ0v) is 11.2. The normalized spacial score (nSPS) is 12.4. The number of aryl methyl sites for hydroxylation is 1. The first-order valence-corrected chi connectivity index (χ1v) is 7.07. The number of rotatable bonds is 2. The Kier molecular flexibility index (Phi) is 2.85. The smallest absolute Gasteiger partial charge is 0.254 e. The molecule has 5 nitrogen and oxygen atoms in total. The first kappa shape index (κ1) is 11.4. The first-order valence-electron chi connectivity index (χ1n) is 5.31. The summed E-state index contributed by atoms with van der Waals surface area (Å²) in [5, 5.41) is 3.86. The van der Waals surface area contributed by atoms with Gasteiger partial charge in [0, 0.05) is 36.4 Å². The summed E-state index contributed by atoms with van der Waals surface area (Å²) in [7, 11) is 1.87. The molecule has 3 aromatic heterocycles. The van der Waals surface area contributed by atoms with Crippen molar-refractivity contribution in [1.29, 1.82) is 0 Å². The molecule has 0 aliphatic carbocycles. The van der Waals surface area contributed by atoms with Crippen molar-refractivity contribution >= 4 is 33.5 Å². The standard InChI is InChI=1S/C11H10N4OS2/c1-14-2-4-17-10(14)13-9(16)6-8-7-15-3-5-18-11(15)12-8/h2-5,7H,6H2,1H3. The van der Waals surface area contributed by atoms with E-state index in [2.05, 4.69) is 9.98 Å². The highest BCUT2D eigenvalue weighted by molar-refractivity contribution is 7.15. The van der Waals surface area contributed by atoms with Crippen LogP contribution in [0.1, 0.15) is 5.69 Å². The lowest BCUT2D eigenvalue weighted by molar-refractivity contribution is -0.117. The first-order chi connectivity index (χ1) is 8.72. The summed E-state index contributed by atoms with van der Waals surface area (Å²) in [6.07, 6.45) is 5.92. The molecular weight excluding hydrogens is 268 g/mol. The van der Waals surface area contributed by atoms with E-state index in [1.165, 1.54) is 11.3 Å². The van der Waals surface area contributed by atoms with Gasteiger partial charge in [0.25, 0.3) is 5.91 Å². The lowest BCUT2D eigenvalue weighted by atomic mass is 10.3. The molecule has 0 spiro atoms. The average Bonchev–Trinajstić information content (AvgIpc) is 2.96. The zero-order chi connectivity index (χ0) is 12.5. The van der Waals surface area contributed by atoms with Crippen molar-refractivity contribution in [3.63, 3.8) is 0 Å². The summed E-state index contributed by atoms with van der Waals surface area (Å²) in [5.41, 5.74) is 0.759. The Balaban J connectivity index is 1.83. The van der Waals surface area contributed by atoms with Gasteiger partial charge in [0.15, 0.2) is 9.76 Å². The van der Waals surface area contributed by atoms with Gasteiger partial charge in [-0.2, -0.15) is 4.99 Å². The summed E-state index contributed by atoms with van der Waals surface area (Å²) in [6.45, 7) is 0. The van der Waals surface area contributed by atoms with Crippen LogP contribution in [0, 0.1) is 0 Å². The Labute approximate surface area is 111 Å². The summed E-state index contributed by atoms with van der Waals surface area (Å²) in [6, 6.07) is 0. The number of carbonyl (C=O) groups excluding carboxylic acids is 1. The molecule has 0 saturated heterocycles. The lowest BCUT2D eigenvalue weighted by Gasteiger charge is -1.91. The predicted molar refractivity (Wildman–Crippen MR) is 70.6 cm³/mol. The molecule has 0 atom stereocenters. The molecule has 3 rings (SSSR count). The van der Waals surface area contributed by atoms with E-state index in [0.717, 1.165) is 10.7 Å². The molecule has 0 aliphatic heterocycles. The van der Waals surface area contributed by atoms with Crippen molar-refractivity contribution in [2.75, 3.05) is 0 Å². The molecule has 0 unspecified atom stereocenters. The van der Waals surface area contributed by atoms with Crippen LogP contribution in [0.25, 0.3) is 4.96 Å². The Hall–Kier alpha value is -1.73. The van der Waals surface area contributed by atoms with Gasteiger partial charge >= 0.3 is 0 Å². The third-order valence-electron chi connectivity index (χ3n) is 2.46. The average molecular weight is 278 g/mol. The highest BCUT2D eigenvalue weighted by Gasteiger charge is 2.07. The van der Waals surface area contributed by atoms with E-state index in [0.29, 0.717) is 4.80 Å². The van der Waals surface area contributed by atoms with Crippen molar-refractivity contribution in [3.8, 4) is 0 Å². The number of amides is 1. The fourth-order valence-electron chi connectivity index (χ4n) is 1.60. The second kappa shape index (κ2) is 4.51. The second-order valence-electron chi connectivity index (χ2n) is 3.80. The number of carbonyl (C=O) groups is 1. The van der Waals surface area contributed by atoms with Crippen LogP contribution in [-0.4, -0.2) is 19.9 Å². The van der Waals surface area contributed by atoms with E-state index in [1.807, 2.05) is 45.4 Å². The minimum atomic E-state index is -0.168. The molecule has 0 aromatic carbocycles. The quantitative estimate of drug-likeness (QED) is 0.712. The van der Waals surface area contributed by atoms with Crippen LogP contribution in [0.3, 0.4) is 0 Å². The topological polar surface area (TPSA) is 51.7 Å². The molecule has 1 amide bonds. The Morgan fingerprint density at radius 1 is 1.39 bits per heavy atom. The molecule has 3 heterocycles. The maximum atomic E-state index is 11.8. The van der Waals surface area contributed by atoms with Crippen molar-refractivity contribution in [2.24, 2.45) is 12.0 Å². The van der Waals surface area contributed by atoms with E-state index >= 15 is 0 Å². The van der Waals surface area contributed by atoms with Crippen LogP contribution >= 0.6 is 22.7 Å². The van der Waals surface area contributed by atoms with Gasteiger partial charge in [0.05, 0.1) is 12.1 Å². The van der Waals surface area contributed by atoms with Crippen LogP contribution in [0.5, 0.6) is 0 Å². The highest BCUT2D eigenvalue weighted by atomic mass is 32.1. The van der Waals surface area contributed by atoms with Gasteiger partial charge in [0.2, 0.25) is 0 Å². The van der Waals surface area contributed by atoms with Crippen LogP contribution in [-0.2, 0) is 18.3 Å². The fourth-order valence-corrected chi connectivity index (χ4v) is 3.06. The molecule has 0 bridgehead atoms.